The van der Waals surface area contributed by atoms with Gasteiger partial charge in [0.1, 0.15) is 0 Å². The van der Waals surface area contributed by atoms with E-state index in [1.165, 1.54) is 0 Å². The molecule has 2 aromatic rings. The van der Waals surface area contributed by atoms with Crippen molar-refractivity contribution in [3.63, 3.8) is 0 Å². The maximum absolute atomic E-state index is 5.88. The molecule has 2 rings (SSSR count). The zero-order valence-electron chi connectivity index (χ0n) is 11.4. The van der Waals surface area contributed by atoms with Gasteiger partial charge in [0, 0.05) is 15.7 Å². The zero-order valence-corrected chi connectivity index (χ0v) is 13.0. The zero-order chi connectivity index (χ0) is 14.0. The highest BCUT2D eigenvalue weighted by molar-refractivity contribution is 9.10. The number of nitrogen functional groups attached to an aromatic ring is 1. The van der Waals surface area contributed by atoms with Crippen molar-refractivity contribution in [1.29, 1.82) is 0 Å². The Labute approximate surface area is 121 Å². The number of aromatic nitrogens is 4. The van der Waals surface area contributed by atoms with Crippen LogP contribution in [0.15, 0.2) is 22.7 Å². The summed E-state index contributed by atoms with van der Waals surface area (Å²) >= 11 is 3.45. The van der Waals surface area contributed by atoms with E-state index in [-0.39, 0.29) is 5.54 Å². The smallest absolute Gasteiger partial charge is 0.182 e. The molecule has 0 saturated carbocycles. The highest BCUT2D eigenvalue weighted by Gasteiger charge is 2.25. The molecule has 0 aliphatic heterocycles. The average molecular weight is 324 g/mol. The minimum absolute atomic E-state index is 0.120. The van der Waals surface area contributed by atoms with E-state index in [0.717, 1.165) is 28.7 Å². The first-order valence-corrected chi connectivity index (χ1v) is 7.08. The number of hydrogen-bond acceptors (Lipinski definition) is 4. The lowest BCUT2D eigenvalue weighted by molar-refractivity contribution is 0.290. The fourth-order valence-corrected chi connectivity index (χ4v) is 2.74. The van der Waals surface area contributed by atoms with Gasteiger partial charge in [0.2, 0.25) is 0 Å². The lowest BCUT2D eigenvalue weighted by Crippen LogP contribution is -2.28. The standard InChI is InChI=1S/C13H18BrN5/c1-4-5-13(2,3)19-12(16-17-18-19)9-6-10(14)8-11(15)7-9/h6-8H,4-5,15H2,1-3H3. The van der Waals surface area contributed by atoms with Gasteiger partial charge < -0.3 is 5.73 Å². The first-order valence-electron chi connectivity index (χ1n) is 6.29. The molecule has 0 aliphatic rings. The van der Waals surface area contributed by atoms with Gasteiger partial charge in [-0.2, -0.15) is 0 Å². The van der Waals surface area contributed by atoms with Gasteiger partial charge in [-0.05, 0) is 48.9 Å². The summed E-state index contributed by atoms with van der Waals surface area (Å²) < 4.78 is 2.79. The van der Waals surface area contributed by atoms with Gasteiger partial charge in [0.15, 0.2) is 5.82 Å². The van der Waals surface area contributed by atoms with Crippen LogP contribution in [0.5, 0.6) is 0 Å². The van der Waals surface area contributed by atoms with Crippen molar-refractivity contribution in [2.24, 2.45) is 0 Å². The molecule has 1 heterocycles. The predicted octanol–water partition coefficient (Wildman–Crippen LogP) is 3.22. The van der Waals surface area contributed by atoms with Gasteiger partial charge in [-0.25, -0.2) is 4.68 Å². The molecule has 0 aliphatic carbocycles. The number of nitrogens with zero attached hydrogens (tertiary/aromatic N) is 4. The molecule has 0 fully saturated rings. The fourth-order valence-electron chi connectivity index (χ4n) is 2.23. The summed E-state index contributed by atoms with van der Waals surface area (Å²) in [4.78, 5) is 0. The van der Waals surface area contributed by atoms with Gasteiger partial charge in [-0.3, -0.25) is 0 Å². The quantitative estimate of drug-likeness (QED) is 0.877. The van der Waals surface area contributed by atoms with Crippen molar-refractivity contribution in [3.8, 4) is 11.4 Å². The normalized spacial score (nSPS) is 11.8. The Kier molecular flexibility index (Phi) is 3.89. The number of benzene rings is 1. The highest BCUT2D eigenvalue weighted by Crippen LogP contribution is 2.29. The summed E-state index contributed by atoms with van der Waals surface area (Å²) in [6.45, 7) is 6.43. The molecule has 0 saturated heterocycles. The molecule has 0 atom stereocenters. The van der Waals surface area contributed by atoms with Crippen LogP contribution >= 0.6 is 15.9 Å². The predicted molar refractivity (Wildman–Crippen MR) is 79.6 cm³/mol. The number of nitrogens with two attached hydrogens (primary N) is 1. The fraction of sp³-hybridized carbons (Fsp3) is 0.462. The molecular weight excluding hydrogens is 306 g/mol. The maximum Gasteiger partial charge on any atom is 0.182 e. The van der Waals surface area contributed by atoms with Crippen LogP contribution in [0.25, 0.3) is 11.4 Å². The largest absolute Gasteiger partial charge is 0.399 e. The second-order valence-electron chi connectivity index (χ2n) is 5.25. The molecule has 102 valence electrons. The van der Waals surface area contributed by atoms with Gasteiger partial charge in [0.05, 0.1) is 5.54 Å². The van der Waals surface area contributed by atoms with Crippen LogP contribution in [0.3, 0.4) is 0 Å². The van der Waals surface area contributed by atoms with E-state index in [1.54, 1.807) is 0 Å². The summed E-state index contributed by atoms with van der Waals surface area (Å²) in [6.07, 6.45) is 2.08. The molecule has 0 spiro atoms. The number of anilines is 1. The third-order valence-corrected chi connectivity index (χ3v) is 3.54. The van der Waals surface area contributed by atoms with E-state index in [0.29, 0.717) is 5.69 Å². The van der Waals surface area contributed by atoms with Gasteiger partial charge >= 0.3 is 0 Å². The molecule has 6 heteroatoms. The lowest BCUT2D eigenvalue weighted by atomic mass is 9.98. The van der Waals surface area contributed by atoms with E-state index < -0.39 is 0 Å². The van der Waals surface area contributed by atoms with E-state index in [4.69, 9.17) is 5.73 Å². The average Bonchev–Trinajstić information content (AvgIpc) is 2.76. The van der Waals surface area contributed by atoms with Gasteiger partial charge in [-0.15, -0.1) is 5.10 Å². The Balaban J connectivity index is 2.50. The first kappa shape index (κ1) is 14.0. The van der Waals surface area contributed by atoms with Gasteiger partial charge in [0.25, 0.3) is 0 Å². The molecule has 5 nitrogen and oxygen atoms in total. The van der Waals surface area contributed by atoms with Crippen molar-refractivity contribution in [1.82, 2.24) is 20.2 Å². The molecule has 0 unspecified atom stereocenters. The van der Waals surface area contributed by atoms with Crippen LogP contribution in [-0.2, 0) is 5.54 Å². The van der Waals surface area contributed by atoms with Crippen molar-refractivity contribution in [2.75, 3.05) is 5.73 Å². The third kappa shape index (κ3) is 2.94. The number of hydrogen-bond donors (Lipinski definition) is 1. The molecule has 2 N–H and O–H groups in total. The summed E-state index contributed by atoms with van der Waals surface area (Å²) in [5.74, 6) is 0.742. The van der Waals surface area contributed by atoms with E-state index in [1.807, 2.05) is 22.9 Å². The first-order chi connectivity index (χ1) is 8.94. The number of tetrazole rings is 1. The SMILES string of the molecule is CCCC(C)(C)n1nnnc1-c1cc(N)cc(Br)c1. The van der Waals surface area contributed by atoms with Crippen LogP contribution in [0.4, 0.5) is 5.69 Å². The van der Waals surface area contributed by atoms with Crippen LogP contribution in [0.2, 0.25) is 0 Å². The van der Waals surface area contributed by atoms with Crippen LogP contribution in [-0.4, -0.2) is 20.2 Å². The Morgan fingerprint density at radius 3 is 2.68 bits per heavy atom. The number of rotatable bonds is 4. The van der Waals surface area contributed by atoms with Crippen molar-refractivity contribution < 1.29 is 0 Å². The van der Waals surface area contributed by atoms with Crippen molar-refractivity contribution in [2.45, 2.75) is 39.2 Å². The second-order valence-corrected chi connectivity index (χ2v) is 6.17. The minimum Gasteiger partial charge on any atom is -0.399 e. The van der Waals surface area contributed by atoms with Crippen molar-refractivity contribution in [3.05, 3.63) is 22.7 Å². The van der Waals surface area contributed by atoms with Crippen molar-refractivity contribution >= 4 is 21.6 Å². The molecular formula is C13H18BrN5. The molecule has 1 aromatic heterocycles. The highest BCUT2D eigenvalue weighted by atomic mass is 79.9. The molecule has 1 aromatic carbocycles. The monoisotopic (exact) mass is 323 g/mol. The van der Waals surface area contributed by atoms with E-state index in [2.05, 4.69) is 52.2 Å². The summed E-state index contributed by atoms with van der Waals surface area (Å²) in [6, 6.07) is 5.71. The molecule has 0 amide bonds. The molecule has 0 bridgehead atoms. The van der Waals surface area contributed by atoms with Crippen LogP contribution < -0.4 is 5.73 Å². The summed E-state index contributed by atoms with van der Waals surface area (Å²) in [5.41, 5.74) is 7.36. The molecule has 19 heavy (non-hydrogen) atoms. The topological polar surface area (TPSA) is 69.6 Å². The maximum atomic E-state index is 5.88. The van der Waals surface area contributed by atoms with Gasteiger partial charge in [-0.1, -0.05) is 29.3 Å². The minimum atomic E-state index is -0.120. The second kappa shape index (κ2) is 5.28. The Morgan fingerprint density at radius 1 is 1.32 bits per heavy atom. The Hall–Kier alpha value is -1.43. The lowest BCUT2D eigenvalue weighted by Gasteiger charge is -2.25. The Bertz CT molecular complexity index is 556. The van der Waals surface area contributed by atoms with Crippen LogP contribution in [0.1, 0.15) is 33.6 Å². The summed E-state index contributed by atoms with van der Waals surface area (Å²) in [7, 11) is 0. The van der Waals surface area contributed by atoms with E-state index in [9.17, 15) is 0 Å². The summed E-state index contributed by atoms with van der Waals surface area (Å²) in [5, 5.41) is 12.1. The van der Waals surface area contributed by atoms with E-state index >= 15 is 0 Å². The number of halogens is 1. The molecule has 0 radical (unpaired) electrons. The Morgan fingerprint density at radius 2 is 2.05 bits per heavy atom. The third-order valence-electron chi connectivity index (χ3n) is 3.08. The van der Waals surface area contributed by atoms with Crippen LogP contribution in [0, 0.1) is 0 Å².